The number of unbranched alkanes of at least 4 members (excludes halogenated alkanes) is 32. The number of ether oxygens (including phenoxy) is 3. The molecule has 67 heavy (non-hydrogen) atoms. The topological polar surface area (TPSA) is 78.9 Å². The van der Waals surface area contributed by atoms with Gasteiger partial charge in [0.15, 0.2) is 6.10 Å². The summed E-state index contributed by atoms with van der Waals surface area (Å²) >= 11 is 0. The molecule has 6 nitrogen and oxygen atoms in total. The van der Waals surface area contributed by atoms with Gasteiger partial charge in [0.05, 0.1) is 0 Å². The van der Waals surface area contributed by atoms with Gasteiger partial charge >= 0.3 is 17.9 Å². The minimum Gasteiger partial charge on any atom is -0.462 e. The zero-order valence-electron chi connectivity index (χ0n) is 44.2. The first-order valence-electron chi connectivity index (χ1n) is 28.5. The molecule has 0 aliphatic rings. The Morgan fingerprint density at radius 2 is 0.612 bits per heavy atom. The van der Waals surface area contributed by atoms with Gasteiger partial charge in [-0.1, -0.05) is 273 Å². The molecule has 0 aliphatic carbocycles. The first-order chi connectivity index (χ1) is 33.0. The Labute approximate surface area is 414 Å². The summed E-state index contributed by atoms with van der Waals surface area (Å²) < 4.78 is 16.8. The van der Waals surface area contributed by atoms with Crippen molar-refractivity contribution < 1.29 is 28.6 Å². The van der Waals surface area contributed by atoms with E-state index in [1.807, 2.05) is 54.7 Å². The first-order valence-corrected chi connectivity index (χ1v) is 28.5. The van der Waals surface area contributed by atoms with E-state index in [9.17, 15) is 14.4 Å². The Morgan fingerprint density at radius 3 is 1.00 bits per heavy atom. The molecule has 1 atom stereocenters. The normalized spacial score (nSPS) is 12.6. The molecule has 0 aromatic heterocycles. The predicted octanol–water partition coefficient (Wildman–Crippen LogP) is 19.0. The molecular weight excluding hydrogens is 829 g/mol. The van der Waals surface area contributed by atoms with Crippen LogP contribution in [0.1, 0.15) is 278 Å². The van der Waals surface area contributed by atoms with Gasteiger partial charge in [-0.05, 0) is 57.8 Å². The molecule has 0 N–H and O–H groups in total. The van der Waals surface area contributed by atoms with Crippen LogP contribution in [0.15, 0.2) is 72.9 Å². The lowest BCUT2D eigenvalue weighted by atomic mass is 10.0. The van der Waals surface area contributed by atoms with Crippen LogP contribution in [0.25, 0.3) is 0 Å². The molecule has 0 aliphatic heterocycles. The van der Waals surface area contributed by atoms with E-state index in [2.05, 4.69) is 39.0 Å². The van der Waals surface area contributed by atoms with Gasteiger partial charge in [-0.25, -0.2) is 0 Å². The molecule has 0 rings (SSSR count). The molecule has 0 heterocycles. The summed E-state index contributed by atoms with van der Waals surface area (Å²) in [6, 6.07) is 0. The van der Waals surface area contributed by atoms with E-state index >= 15 is 0 Å². The quantitative estimate of drug-likeness (QED) is 0.0199. The van der Waals surface area contributed by atoms with Crippen molar-refractivity contribution in [1.29, 1.82) is 0 Å². The summed E-state index contributed by atoms with van der Waals surface area (Å²) in [6.07, 6.45) is 70.5. The average Bonchev–Trinajstić information content (AvgIpc) is 3.33. The third-order valence-electron chi connectivity index (χ3n) is 12.3. The second-order valence-corrected chi connectivity index (χ2v) is 18.9. The fourth-order valence-electron chi connectivity index (χ4n) is 8.06. The molecule has 0 radical (unpaired) electrons. The maximum Gasteiger partial charge on any atom is 0.306 e. The third kappa shape index (κ3) is 53.7. The molecule has 0 fully saturated rings. The highest BCUT2D eigenvalue weighted by Crippen LogP contribution is 2.16. The summed E-state index contributed by atoms with van der Waals surface area (Å²) in [5, 5.41) is 0. The number of carbonyl (C=O) groups excluding carboxylic acids is 3. The van der Waals surface area contributed by atoms with Crippen molar-refractivity contribution in [2.24, 2.45) is 0 Å². The summed E-state index contributed by atoms with van der Waals surface area (Å²) in [7, 11) is 0. The van der Waals surface area contributed by atoms with E-state index in [1.165, 1.54) is 173 Å². The summed E-state index contributed by atoms with van der Waals surface area (Å²) in [5.74, 6) is -0.975. The van der Waals surface area contributed by atoms with E-state index in [1.54, 1.807) is 0 Å². The first kappa shape index (κ1) is 63.8. The predicted molar refractivity (Wildman–Crippen MR) is 288 cm³/mol. The lowest BCUT2D eigenvalue weighted by Crippen LogP contribution is -2.30. The van der Waals surface area contributed by atoms with E-state index in [4.69, 9.17) is 14.2 Å². The van der Waals surface area contributed by atoms with Crippen LogP contribution in [-0.2, 0) is 28.6 Å². The van der Waals surface area contributed by atoms with Crippen molar-refractivity contribution in [3.63, 3.8) is 0 Å². The number of esters is 3. The van der Waals surface area contributed by atoms with Crippen molar-refractivity contribution in [2.45, 2.75) is 284 Å². The summed E-state index contributed by atoms with van der Waals surface area (Å²) in [5.41, 5.74) is 0. The molecule has 0 aromatic carbocycles. The number of rotatable bonds is 51. The molecule has 0 amide bonds. The van der Waals surface area contributed by atoms with Crippen LogP contribution in [0.2, 0.25) is 0 Å². The van der Waals surface area contributed by atoms with Gasteiger partial charge in [-0.15, -0.1) is 0 Å². The second kappa shape index (κ2) is 55.4. The third-order valence-corrected chi connectivity index (χ3v) is 12.3. The van der Waals surface area contributed by atoms with Crippen LogP contribution in [0.4, 0.5) is 0 Å². The zero-order chi connectivity index (χ0) is 48.6. The van der Waals surface area contributed by atoms with E-state index in [0.717, 1.165) is 57.8 Å². The van der Waals surface area contributed by atoms with Crippen molar-refractivity contribution in [2.75, 3.05) is 13.2 Å². The molecule has 0 saturated heterocycles. The van der Waals surface area contributed by atoms with E-state index in [-0.39, 0.29) is 37.5 Å². The molecule has 1 unspecified atom stereocenters. The van der Waals surface area contributed by atoms with Crippen LogP contribution in [0.5, 0.6) is 0 Å². The molecule has 0 aromatic rings. The average molecular weight is 936 g/mol. The van der Waals surface area contributed by atoms with Gasteiger partial charge < -0.3 is 14.2 Å². The van der Waals surface area contributed by atoms with Gasteiger partial charge in [0, 0.05) is 19.3 Å². The van der Waals surface area contributed by atoms with Gasteiger partial charge in [0.2, 0.25) is 0 Å². The minimum atomic E-state index is -0.806. The van der Waals surface area contributed by atoms with Crippen molar-refractivity contribution in [1.82, 2.24) is 0 Å². The largest absolute Gasteiger partial charge is 0.462 e. The number of hydrogen-bond donors (Lipinski definition) is 0. The standard InChI is InChI=1S/C61H106O6/c1-4-7-10-13-16-19-22-25-27-29-31-33-36-39-42-45-48-51-54-60(63)66-57-58(56-65-59(62)53-50-47-44-41-38-35-24-21-18-15-12-9-6-3)67-61(64)55-52-49-46-43-40-37-34-32-30-28-26-23-20-17-14-11-8-5-2/h9,12,15,18,21,24,31,33,35,38,41,44,58H,4-8,10-11,13-14,16-17,19-20,22-23,25-30,32,34,36-37,39-40,42-43,45-57H2,1-3H3/b12-9+,18-15+,24-21+,33-31+,38-35+,44-41+. The van der Waals surface area contributed by atoms with Crippen molar-refractivity contribution in [3.05, 3.63) is 72.9 Å². The summed E-state index contributed by atoms with van der Waals surface area (Å²) in [6.45, 7) is 6.45. The molecule has 386 valence electrons. The second-order valence-electron chi connectivity index (χ2n) is 18.9. The Kier molecular flexibility index (Phi) is 52.8. The Morgan fingerprint density at radius 1 is 0.313 bits per heavy atom. The van der Waals surface area contributed by atoms with Crippen LogP contribution in [0.3, 0.4) is 0 Å². The van der Waals surface area contributed by atoms with Crippen LogP contribution < -0.4 is 0 Å². The van der Waals surface area contributed by atoms with Crippen LogP contribution >= 0.6 is 0 Å². The summed E-state index contributed by atoms with van der Waals surface area (Å²) in [4.78, 5) is 38.1. The Bertz CT molecular complexity index is 1260. The minimum absolute atomic E-state index is 0.100. The fourth-order valence-corrected chi connectivity index (χ4v) is 8.06. The molecule has 0 bridgehead atoms. The van der Waals surface area contributed by atoms with Crippen molar-refractivity contribution >= 4 is 17.9 Å². The smallest absolute Gasteiger partial charge is 0.306 e. The fraction of sp³-hybridized carbons (Fsp3) is 0.754. The van der Waals surface area contributed by atoms with Gasteiger partial charge in [0.1, 0.15) is 13.2 Å². The highest BCUT2D eigenvalue weighted by molar-refractivity contribution is 5.71. The van der Waals surface area contributed by atoms with Gasteiger partial charge in [-0.2, -0.15) is 0 Å². The molecule has 6 heteroatoms. The van der Waals surface area contributed by atoms with Gasteiger partial charge in [0.25, 0.3) is 0 Å². The highest BCUT2D eigenvalue weighted by Gasteiger charge is 2.19. The maximum absolute atomic E-state index is 12.8. The monoisotopic (exact) mass is 935 g/mol. The lowest BCUT2D eigenvalue weighted by molar-refractivity contribution is -0.167. The molecular formula is C61H106O6. The Balaban J connectivity index is 4.42. The Hall–Kier alpha value is -3.15. The molecule has 0 saturated carbocycles. The highest BCUT2D eigenvalue weighted by atomic mass is 16.6. The zero-order valence-corrected chi connectivity index (χ0v) is 44.2. The number of hydrogen-bond acceptors (Lipinski definition) is 6. The van der Waals surface area contributed by atoms with E-state index in [0.29, 0.717) is 19.3 Å². The number of carbonyl (C=O) groups is 3. The maximum atomic E-state index is 12.8. The van der Waals surface area contributed by atoms with Crippen molar-refractivity contribution in [3.8, 4) is 0 Å². The SMILES string of the molecule is CC/C=C/C=C/C=C/C=C/C=C/CCCC(=O)OCC(COC(=O)CCCCCCC/C=C/CCCCCCCCCCC)OC(=O)CCCCCCCCCCCCCCCCCCCC. The van der Waals surface area contributed by atoms with Gasteiger partial charge in [-0.3, -0.25) is 14.4 Å². The van der Waals surface area contributed by atoms with Crippen LogP contribution in [0, 0.1) is 0 Å². The van der Waals surface area contributed by atoms with E-state index < -0.39 is 6.10 Å². The molecule has 0 spiro atoms. The number of allylic oxidation sites excluding steroid dienone is 12. The lowest BCUT2D eigenvalue weighted by Gasteiger charge is -2.18. The van der Waals surface area contributed by atoms with Crippen LogP contribution in [-0.4, -0.2) is 37.2 Å².